The zero-order chi connectivity index (χ0) is 15.2. The highest BCUT2D eigenvalue weighted by molar-refractivity contribution is 9.10. The van der Waals surface area contributed by atoms with Crippen molar-refractivity contribution in [2.45, 2.75) is 19.9 Å². The van der Waals surface area contributed by atoms with Crippen LogP contribution in [-0.4, -0.2) is 22.0 Å². The predicted molar refractivity (Wildman–Crippen MR) is 84.3 cm³/mol. The van der Waals surface area contributed by atoms with E-state index >= 15 is 0 Å². The van der Waals surface area contributed by atoms with Crippen LogP contribution in [-0.2, 0) is 6.54 Å². The molecule has 0 aliphatic carbocycles. The van der Waals surface area contributed by atoms with Crippen LogP contribution in [0.3, 0.4) is 0 Å². The van der Waals surface area contributed by atoms with Crippen molar-refractivity contribution < 1.29 is 4.79 Å². The lowest BCUT2D eigenvalue weighted by Crippen LogP contribution is -2.27. The van der Waals surface area contributed by atoms with Crippen molar-refractivity contribution in [2.24, 2.45) is 0 Å². The number of rotatable bonds is 5. The molecule has 1 amide bonds. The van der Waals surface area contributed by atoms with E-state index in [1.807, 2.05) is 13.0 Å². The maximum Gasteiger partial charge on any atom is 0.252 e. The van der Waals surface area contributed by atoms with Crippen LogP contribution in [0.15, 0.2) is 46.1 Å². The summed E-state index contributed by atoms with van der Waals surface area (Å²) in [5.74, 6) is -0.167. The van der Waals surface area contributed by atoms with Crippen LogP contribution in [0.2, 0.25) is 0 Å². The molecule has 2 aromatic heterocycles. The minimum atomic E-state index is -0.167. The quantitative estimate of drug-likeness (QED) is 0.841. The van der Waals surface area contributed by atoms with Gasteiger partial charge in [-0.2, -0.15) is 0 Å². The third-order valence-corrected chi connectivity index (χ3v) is 3.41. The highest BCUT2D eigenvalue weighted by Crippen LogP contribution is 2.09. The molecule has 0 radical (unpaired) electrons. The Balaban J connectivity index is 1.82. The van der Waals surface area contributed by atoms with E-state index in [0.29, 0.717) is 25.1 Å². The van der Waals surface area contributed by atoms with E-state index in [9.17, 15) is 9.59 Å². The molecule has 0 bridgehead atoms. The molecule has 0 aromatic carbocycles. The van der Waals surface area contributed by atoms with Crippen molar-refractivity contribution >= 4 is 21.8 Å². The molecule has 21 heavy (non-hydrogen) atoms. The van der Waals surface area contributed by atoms with Crippen molar-refractivity contribution in [3.8, 4) is 0 Å². The standard InChI is InChI=1S/C15H16BrN3O2/c1-11-3-6-19(14(20)7-11)5-2-4-18-15(21)12-8-13(16)10-17-9-12/h3,6-10H,2,4-5H2,1H3,(H,18,21). The summed E-state index contributed by atoms with van der Waals surface area (Å²) in [7, 11) is 0. The third kappa shape index (κ3) is 4.53. The van der Waals surface area contributed by atoms with Gasteiger partial charge in [0.05, 0.1) is 5.56 Å². The Hall–Kier alpha value is -1.95. The molecule has 5 nitrogen and oxygen atoms in total. The summed E-state index contributed by atoms with van der Waals surface area (Å²) in [5.41, 5.74) is 1.45. The van der Waals surface area contributed by atoms with Gasteiger partial charge in [0.15, 0.2) is 0 Å². The summed E-state index contributed by atoms with van der Waals surface area (Å²) in [4.78, 5) is 27.5. The van der Waals surface area contributed by atoms with E-state index < -0.39 is 0 Å². The topological polar surface area (TPSA) is 64.0 Å². The van der Waals surface area contributed by atoms with Crippen LogP contribution in [0.5, 0.6) is 0 Å². The van der Waals surface area contributed by atoms with Crippen LogP contribution in [0.4, 0.5) is 0 Å². The third-order valence-electron chi connectivity index (χ3n) is 2.98. The van der Waals surface area contributed by atoms with Crippen LogP contribution < -0.4 is 10.9 Å². The molecule has 0 unspecified atom stereocenters. The Bertz CT molecular complexity index is 697. The van der Waals surface area contributed by atoms with E-state index in [4.69, 9.17) is 0 Å². The Labute approximate surface area is 131 Å². The molecule has 0 aliphatic heterocycles. The molecule has 2 rings (SSSR count). The van der Waals surface area contributed by atoms with Gasteiger partial charge in [-0.1, -0.05) is 0 Å². The zero-order valence-corrected chi connectivity index (χ0v) is 13.3. The number of halogens is 1. The molecule has 2 aromatic rings. The Morgan fingerprint density at radius 3 is 2.90 bits per heavy atom. The number of aromatic nitrogens is 2. The molecule has 0 saturated heterocycles. The summed E-state index contributed by atoms with van der Waals surface area (Å²) in [6, 6.07) is 5.21. The summed E-state index contributed by atoms with van der Waals surface area (Å²) in [6.07, 6.45) is 5.61. The normalized spacial score (nSPS) is 10.4. The largest absolute Gasteiger partial charge is 0.352 e. The number of nitrogens with zero attached hydrogens (tertiary/aromatic N) is 2. The minimum absolute atomic E-state index is 0.0162. The van der Waals surface area contributed by atoms with Crippen molar-refractivity contribution in [3.05, 3.63) is 62.7 Å². The maximum absolute atomic E-state index is 11.9. The predicted octanol–water partition coefficient (Wildman–Crippen LogP) is 2.13. The molecule has 2 heterocycles. The number of amides is 1. The van der Waals surface area contributed by atoms with Gasteiger partial charge in [0.25, 0.3) is 11.5 Å². The Morgan fingerprint density at radius 1 is 1.38 bits per heavy atom. The Morgan fingerprint density at radius 2 is 2.19 bits per heavy atom. The smallest absolute Gasteiger partial charge is 0.252 e. The van der Waals surface area contributed by atoms with Crippen molar-refractivity contribution in [1.82, 2.24) is 14.9 Å². The second-order valence-corrected chi connectivity index (χ2v) is 5.65. The summed E-state index contributed by atoms with van der Waals surface area (Å²) >= 11 is 3.28. The fraction of sp³-hybridized carbons (Fsp3) is 0.267. The number of carbonyl (C=O) groups excluding carboxylic acids is 1. The molecule has 6 heteroatoms. The molecule has 0 aliphatic rings. The molecule has 110 valence electrons. The lowest BCUT2D eigenvalue weighted by molar-refractivity contribution is 0.0952. The van der Waals surface area contributed by atoms with Crippen molar-refractivity contribution in [1.29, 1.82) is 0 Å². The number of nitrogens with one attached hydrogen (secondary N) is 1. The first-order chi connectivity index (χ1) is 10.1. The zero-order valence-electron chi connectivity index (χ0n) is 11.7. The van der Waals surface area contributed by atoms with Gasteiger partial charge in [-0.3, -0.25) is 14.6 Å². The van der Waals surface area contributed by atoms with E-state index in [2.05, 4.69) is 26.2 Å². The molecule has 0 saturated carbocycles. The van der Waals surface area contributed by atoms with Crippen LogP contribution in [0, 0.1) is 6.92 Å². The summed E-state index contributed by atoms with van der Waals surface area (Å²) in [5, 5.41) is 2.81. The van der Waals surface area contributed by atoms with E-state index in [1.54, 1.807) is 29.1 Å². The maximum atomic E-state index is 11.9. The summed E-state index contributed by atoms with van der Waals surface area (Å²) < 4.78 is 2.40. The van der Waals surface area contributed by atoms with Gasteiger partial charge in [0.2, 0.25) is 0 Å². The van der Waals surface area contributed by atoms with Gasteiger partial charge >= 0.3 is 0 Å². The highest BCUT2D eigenvalue weighted by atomic mass is 79.9. The highest BCUT2D eigenvalue weighted by Gasteiger charge is 2.05. The number of aryl methyl sites for hydroxylation is 2. The van der Waals surface area contributed by atoms with E-state index in [0.717, 1.165) is 10.0 Å². The molecule has 1 N–H and O–H groups in total. The number of hydrogen-bond donors (Lipinski definition) is 1. The first kappa shape index (κ1) is 15.4. The number of carbonyl (C=O) groups is 1. The lowest BCUT2D eigenvalue weighted by atomic mass is 10.2. The number of hydrogen-bond acceptors (Lipinski definition) is 3. The van der Waals surface area contributed by atoms with E-state index in [1.165, 1.54) is 6.20 Å². The first-order valence-corrected chi connectivity index (χ1v) is 7.41. The van der Waals surface area contributed by atoms with Gasteiger partial charge in [-0.25, -0.2) is 0 Å². The minimum Gasteiger partial charge on any atom is -0.352 e. The number of pyridine rings is 2. The van der Waals surface area contributed by atoms with E-state index in [-0.39, 0.29) is 11.5 Å². The molecule has 0 spiro atoms. The van der Waals surface area contributed by atoms with Crippen LogP contribution >= 0.6 is 15.9 Å². The average molecular weight is 350 g/mol. The second kappa shape index (κ2) is 7.17. The second-order valence-electron chi connectivity index (χ2n) is 4.74. The summed E-state index contributed by atoms with van der Waals surface area (Å²) in [6.45, 7) is 2.97. The van der Waals surface area contributed by atoms with Gasteiger partial charge in [0, 0.05) is 42.2 Å². The van der Waals surface area contributed by atoms with Crippen molar-refractivity contribution in [3.63, 3.8) is 0 Å². The first-order valence-electron chi connectivity index (χ1n) is 6.62. The van der Waals surface area contributed by atoms with Crippen molar-refractivity contribution in [2.75, 3.05) is 6.54 Å². The van der Waals surface area contributed by atoms with Crippen LogP contribution in [0.1, 0.15) is 22.3 Å². The Kier molecular flexibility index (Phi) is 5.27. The fourth-order valence-corrected chi connectivity index (χ4v) is 2.25. The molecule has 0 atom stereocenters. The van der Waals surface area contributed by atoms with Gasteiger partial charge < -0.3 is 9.88 Å². The van der Waals surface area contributed by atoms with Gasteiger partial charge in [-0.05, 0) is 47.0 Å². The SMILES string of the molecule is Cc1ccn(CCCNC(=O)c2cncc(Br)c2)c(=O)c1. The van der Waals surface area contributed by atoms with Gasteiger partial charge in [-0.15, -0.1) is 0 Å². The van der Waals surface area contributed by atoms with Crippen LogP contribution in [0.25, 0.3) is 0 Å². The molecular weight excluding hydrogens is 334 g/mol. The fourth-order valence-electron chi connectivity index (χ4n) is 1.88. The average Bonchev–Trinajstić information content (AvgIpc) is 2.45. The lowest BCUT2D eigenvalue weighted by Gasteiger charge is -2.07. The molecule has 0 fully saturated rings. The molecular formula is C15H16BrN3O2. The monoisotopic (exact) mass is 349 g/mol. The van der Waals surface area contributed by atoms with Gasteiger partial charge in [0.1, 0.15) is 0 Å².